The second kappa shape index (κ2) is 13.7. The second-order valence-electron chi connectivity index (χ2n) is 14.8. The standard InChI is InChI=1S/C41H43N5O6Si/c1-27-39(53(2,3)50)37(20-21-44-24-33(42-43-44)31(25-47)29-14-8-5-9-15-29)52-41(27)32-22-30(46-35-16-10-11-17-36(35)51-26-38(46)48)18-19-34(32)45(40(41)49)23-28-12-6-4-7-13-28/h4-19,22,24,27,31,37,39,47,50H,20-21,23,25-26H2,1-3H3/t27-,31?,37+,39-,41+/m1/s1. The van der Waals surface area contributed by atoms with Gasteiger partial charge in [0.25, 0.3) is 11.8 Å². The molecule has 0 radical (unpaired) electrons. The normalized spacial score (nSPS) is 22.9. The highest BCUT2D eigenvalue weighted by Crippen LogP contribution is 2.60. The zero-order valence-corrected chi connectivity index (χ0v) is 31.0. The van der Waals surface area contributed by atoms with Crippen LogP contribution < -0.4 is 14.5 Å². The van der Waals surface area contributed by atoms with Gasteiger partial charge in [0.2, 0.25) is 0 Å². The number of anilines is 3. The molecule has 0 saturated carbocycles. The van der Waals surface area contributed by atoms with Gasteiger partial charge < -0.3 is 24.3 Å². The van der Waals surface area contributed by atoms with Gasteiger partial charge in [-0.15, -0.1) is 5.10 Å². The number of fused-ring (bicyclic) bond motifs is 3. The molecule has 4 aromatic carbocycles. The Labute approximate surface area is 309 Å². The Morgan fingerprint density at radius 3 is 2.40 bits per heavy atom. The van der Waals surface area contributed by atoms with Crippen LogP contribution in [0.25, 0.3) is 0 Å². The summed E-state index contributed by atoms with van der Waals surface area (Å²) in [6.07, 6.45) is 1.84. The largest absolute Gasteiger partial charge is 0.482 e. The number of aliphatic hydroxyl groups is 1. The molecule has 3 aliphatic rings. The van der Waals surface area contributed by atoms with E-state index in [-0.39, 0.29) is 36.5 Å². The van der Waals surface area contributed by atoms with E-state index in [0.717, 1.165) is 16.8 Å². The van der Waals surface area contributed by atoms with Crippen LogP contribution in [0, 0.1) is 5.92 Å². The van der Waals surface area contributed by atoms with E-state index in [0.29, 0.717) is 47.9 Å². The van der Waals surface area contributed by atoms with E-state index in [9.17, 15) is 14.7 Å². The van der Waals surface area contributed by atoms with Crippen LogP contribution >= 0.6 is 0 Å². The molecule has 0 bridgehead atoms. The van der Waals surface area contributed by atoms with Crippen LogP contribution in [0.3, 0.4) is 0 Å². The molecule has 53 heavy (non-hydrogen) atoms. The van der Waals surface area contributed by atoms with E-state index in [1.54, 1.807) is 14.5 Å². The number of carbonyl (C=O) groups is 2. The lowest BCUT2D eigenvalue weighted by Crippen LogP contribution is -2.46. The van der Waals surface area contributed by atoms with Crippen LogP contribution in [0.15, 0.2) is 109 Å². The van der Waals surface area contributed by atoms with Crippen LogP contribution in [-0.4, -0.2) is 64.3 Å². The zero-order valence-electron chi connectivity index (χ0n) is 30.0. The Bertz CT molecular complexity index is 2140. The number of hydrogen-bond acceptors (Lipinski definition) is 8. The summed E-state index contributed by atoms with van der Waals surface area (Å²) >= 11 is 0. The lowest BCUT2D eigenvalue weighted by molar-refractivity contribution is -0.146. The van der Waals surface area contributed by atoms with Gasteiger partial charge >= 0.3 is 0 Å². The number of amides is 2. The topological polar surface area (TPSA) is 130 Å². The van der Waals surface area contributed by atoms with Gasteiger partial charge in [0, 0.05) is 35.5 Å². The molecule has 4 heterocycles. The number of aliphatic hydroxyl groups excluding tert-OH is 1. The second-order valence-corrected chi connectivity index (χ2v) is 18.7. The summed E-state index contributed by atoms with van der Waals surface area (Å²) in [5.41, 5.74) is 3.52. The predicted molar refractivity (Wildman–Crippen MR) is 202 cm³/mol. The van der Waals surface area contributed by atoms with Crippen LogP contribution in [0.1, 0.15) is 41.6 Å². The van der Waals surface area contributed by atoms with Gasteiger partial charge in [0.15, 0.2) is 20.5 Å². The van der Waals surface area contributed by atoms with Crippen molar-refractivity contribution in [3.8, 4) is 5.75 Å². The number of rotatable bonds is 10. The number of aryl methyl sites for hydroxylation is 1. The number of nitrogens with zero attached hydrogens (tertiary/aromatic N) is 5. The lowest BCUT2D eigenvalue weighted by atomic mass is 9.82. The number of aromatic nitrogens is 3. The highest BCUT2D eigenvalue weighted by atomic mass is 28.4. The first-order valence-electron chi connectivity index (χ1n) is 18.1. The lowest BCUT2D eigenvalue weighted by Gasteiger charge is -2.33. The molecular weight excluding hydrogens is 687 g/mol. The molecule has 272 valence electrons. The van der Waals surface area contributed by atoms with Crippen molar-refractivity contribution in [3.63, 3.8) is 0 Å². The third-order valence-electron chi connectivity index (χ3n) is 11.1. The van der Waals surface area contributed by atoms with Crippen LogP contribution in [-0.2, 0) is 33.0 Å². The molecule has 8 rings (SSSR count). The highest BCUT2D eigenvalue weighted by Gasteiger charge is 2.66. The predicted octanol–water partition coefficient (Wildman–Crippen LogP) is 5.89. The van der Waals surface area contributed by atoms with Crippen LogP contribution in [0.2, 0.25) is 18.6 Å². The van der Waals surface area contributed by atoms with Gasteiger partial charge in [-0.25, -0.2) is 0 Å². The van der Waals surface area contributed by atoms with E-state index in [1.165, 1.54) is 0 Å². The summed E-state index contributed by atoms with van der Waals surface area (Å²) in [6.45, 7) is 6.40. The fraction of sp³-hybridized carbons (Fsp3) is 0.317. The summed E-state index contributed by atoms with van der Waals surface area (Å²) in [5.74, 6) is -0.496. The molecule has 3 aliphatic heterocycles. The summed E-state index contributed by atoms with van der Waals surface area (Å²) in [4.78, 5) is 43.8. The van der Waals surface area contributed by atoms with E-state index < -0.39 is 25.9 Å². The van der Waals surface area contributed by atoms with Crippen LogP contribution in [0.5, 0.6) is 5.75 Å². The molecule has 1 fully saturated rings. The molecule has 2 amide bonds. The summed E-state index contributed by atoms with van der Waals surface area (Å²) in [6, 6.07) is 32.7. The van der Waals surface area contributed by atoms with Crippen molar-refractivity contribution in [2.45, 2.75) is 62.7 Å². The quantitative estimate of drug-likeness (QED) is 0.170. The Morgan fingerprint density at radius 2 is 1.66 bits per heavy atom. The molecule has 12 heteroatoms. The van der Waals surface area contributed by atoms with Crippen molar-refractivity contribution in [1.82, 2.24) is 15.0 Å². The molecule has 1 saturated heterocycles. The van der Waals surface area contributed by atoms with E-state index in [4.69, 9.17) is 9.47 Å². The monoisotopic (exact) mass is 729 g/mol. The fourth-order valence-corrected chi connectivity index (χ4v) is 11.3. The summed E-state index contributed by atoms with van der Waals surface area (Å²) in [7, 11) is -2.95. The van der Waals surface area contributed by atoms with Crippen molar-refractivity contribution >= 4 is 37.2 Å². The molecule has 11 nitrogen and oxygen atoms in total. The zero-order chi connectivity index (χ0) is 36.9. The minimum Gasteiger partial charge on any atom is -0.482 e. The summed E-state index contributed by atoms with van der Waals surface area (Å²) < 4.78 is 14.6. The minimum absolute atomic E-state index is 0.103. The van der Waals surface area contributed by atoms with Crippen molar-refractivity contribution in [1.29, 1.82) is 0 Å². The minimum atomic E-state index is -2.95. The molecule has 5 aromatic rings. The number of para-hydroxylation sites is 2. The number of hydrogen-bond donors (Lipinski definition) is 2. The third-order valence-corrected chi connectivity index (χ3v) is 13.6. The fourth-order valence-electron chi connectivity index (χ4n) is 8.68. The molecule has 0 aliphatic carbocycles. The Kier molecular flexibility index (Phi) is 9.01. The average molecular weight is 730 g/mol. The number of carbonyl (C=O) groups excluding carboxylic acids is 2. The Hall–Kier alpha value is -5.14. The molecule has 2 N–H and O–H groups in total. The van der Waals surface area contributed by atoms with Gasteiger partial charge in [0.05, 0.1) is 42.2 Å². The first kappa shape index (κ1) is 34.9. The van der Waals surface area contributed by atoms with Crippen molar-refractivity contribution in [2.75, 3.05) is 23.0 Å². The summed E-state index contributed by atoms with van der Waals surface area (Å²) in [5, 5.41) is 19.0. The molecular formula is C41H43N5O6Si. The molecule has 1 spiro atoms. The molecule has 1 aromatic heterocycles. The highest BCUT2D eigenvalue weighted by molar-refractivity contribution is 6.71. The van der Waals surface area contributed by atoms with Crippen molar-refractivity contribution in [3.05, 3.63) is 132 Å². The maximum Gasteiger partial charge on any atom is 0.269 e. The number of ether oxygens (including phenoxy) is 2. The average Bonchev–Trinajstić information content (AvgIpc) is 3.82. The van der Waals surface area contributed by atoms with E-state index in [2.05, 4.69) is 10.3 Å². The first-order valence-corrected chi connectivity index (χ1v) is 21.1. The smallest absolute Gasteiger partial charge is 0.269 e. The van der Waals surface area contributed by atoms with Crippen molar-refractivity contribution in [2.24, 2.45) is 5.92 Å². The van der Waals surface area contributed by atoms with Gasteiger partial charge in [0.1, 0.15) is 5.75 Å². The van der Waals surface area contributed by atoms with Gasteiger partial charge in [-0.3, -0.25) is 19.2 Å². The third kappa shape index (κ3) is 6.05. The van der Waals surface area contributed by atoms with Crippen LogP contribution in [0.4, 0.5) is 17.1 Å². The Morgan fingerprint density at radius 1 is 0.943 bits per heavy atom. The Balaban J connectivity index is 1.17. The van der Waals surface area contributed by atoms with Gasteiger partial charge in [-0.1, -0.05) is 84.9 Å². The molecule has 5 atom stereocenters. The van der Waals surface area contributed by atoms with Gasteiger partial charge in [-0.2, -0.15) is 0 Å². The van der Waals surface area contributed by atoms with Crippen molar-refractivity contribution < 1.29 is 29.0 Å². The van der Waals surface area contributed by atoms with E-state index in [1.807, 2.05) is 129 Å². The molecule has 1 unspecified atom stereocenters. The first-order chi connectivity index (χ1) is 25.6. The maximum atomic E-state index is 15.1. The van der Waals surface area contributed by atoms with Gasteiger partial charge in [-0.05, 0) is 61.0 Å². The SMILES string of the molecule is C[C@@H]1[C@@H]([Si](C)(C)O)[C@H](CCn2cc(C(CO)c3ccccc3)nn2)O[C@@]12C(=O)N(Cc1ccccc1)c1ccc(N3C(=O)COc4ccccc43)cc12. The number of benzene rings is 4. The van der Waals surface area contributed by atoms with E-state index >= 15 is 4.79 Å². The maximum absolute atomic E-state index is 15.1.